The van der Waals surface area contributed by atoms with Crippen molar-refractivity contribution in [1.82, 2.24) is 4.98 Å². The summed E-state index contributed by atoms with van der Waals surface area (Å²) in [5.74, 6) is 1.57. The molecular weight excluding hydrogens is 346 g/mol. The Morgan fingerprint density at radius 3 is 2.75 bits per heavy atom. The minimum absolute atomic E-state index is 0.0874. The molecule has 1 heterocycles. The molecule has 148 valence electrons. The van der Waals surface area contributed by atoms with Crippen molar-refractivity contribution in [3.05, 3.63) is 47.3 Å². The van der Waals surface area contributed by atoms with Crippen LogP contribution in [0, 0.1) is 28.6 Å². The molecule has 1 N–H and O–H groups in total. The number of nitrogens with zero attached hydrogens (tertiary/aromatic N) is 1. The quantitative estimate of drug-likeness (QED) is 0.703. The Balaban J connectivity index is 1.56. The molecule has 2 fully saturated rings. The van der Waals surface area contributed by atoms with Crippen molar-refractivity contribution in [3.63, 3.8) is 0 Å². The van der Waals surface area contributed by atoms with E-state index in [-0.39, 0.29) is 16.7 Å². The lowest BCUT2D eigenvalue weighted by Gasteiger charge is -2.58. The van der Waals surface area contributed by atoms with Gasteiger partial charge in [-0.15, -0.1) is 0 Å². The summed E-state index contributed by atoms with van der Waals surface area (Å²) in [5.41, 5.74) is 5.59. The first-order chi connectivity index (χ1) is 13.3. The summed E-state index contributed by atoms with van der Waals surface area (Å²) in [6, 6.07) is 4.22. The highest BCUT2D eigenvalue weighted by molar-refractivity contribution is 5.83. The van der Waals surface area contributed by atoms with E-state index in [4.69, 9.17) is 0 Å². The van der Waals surface area contributed by atoms with Crippen LogP contribution in [-0.2, 0) is 4.79 Å². The average Bonchev–Trinajstić information content (AvgIpc) is 2.94. The Kier molecular flexibility index (Phi) is 4.00. The number of allylic oxidation sites excluding steroid dienone is 3. The van der Waals surface area contributed by atoms with Gasteiger partial charge in [0.1, 0.15) is 5.78 Å². The lowest BCUT2D eigenvalue weighted by molar-refractivity contribution is -0.123. The Morgan fingerprint density at radius 1 is 1.18 bits per heavy atom. The van der Waals surface area contributed by atoms with Gasteiger partial charge in [0.05, 0.1) is 6.10 Å². The first kappa shape index (κ1) is 18.3. The van der Waals surface area contributed by atoms with Gasteiger partial charge in [0.15, 0.2) is 0 Å². The van der Waals surface area contributed by atoms with Gasteiger partial charge >= 0.3 is 0 Å². The molecule has 0 saturated heterocycles. The number of aromatic nitrogens is 1. The van der Waals surface area contributed by atoms with E-state index >= 15 is 0 Å². The van der Waals surface area contributed by atoms with E-state index in [0.717, 1.165) is 25.7 Å². The van der Waals surface area contributed by atoms with Crippen LogP contribution in [0.25, 0.3) is 5.57 Å². The molecule has 28 heavy (non-hydrogen) atoms. The van der Waals surface area contributed by atoms with Crippen LogP contribution in [0.3, 0.4) is 0 Å². The lowest BCUT2D eigenvalue weighted by atomic mass is 9.46. The molecule has 1 aromatic heterocycles. The number of hydrogen-bond donors (Lipinski definition) is 1. The minimum atomic E-state index is -0.426. The van der Waals surface area contributed by atoms with E-state index in [1.807, 2.05) is 18.5 Å². The molecular formula is C25H31NO2. The van der Waals surface area contributed by atoms with Crippen LogP contribution >= 0.6 is 0 Å². The maximum absolute atomic E-state index is 12.1. The number of carbonyl (C=O) groups is 1. The molecule has 0 unspecified atom stereocenters. The number of rotatable bonds is 1. The SMILES string of the molecule is CC1=C(c2cccnc2)[C@@]2(C)CC[C@H]3[C@@H]([C@H](O)C=C4CC(=O)CC[C@@]43C)[C@@H]2C1. The Labute approximate surface area is 168 Å². The fourth-order valence-electron chi connectivity index (χ4n) is 7.49. The summed E-state index contributed by atoms with van der Waals surface area (Å²) in [7, 11) is 0. The molecule has 5 rings (SSSR count). The minimum Gasteiger partial charge on any atom is -0.389 e. The van der Waals surface area contributed by atoms with E-state index < -0.39 is 6.10 Å². The van der Waals surface area contributed by atoms with Crippen molar-refractivity contribution in [1.29, 1.82) is 0 Å². The van der Waals surface area contributed by atoms with Crippen LogP contribution in [0.4, 0.5) is 0 Å². The number of Topliss-reactive ketones (excluding diaryl/α,β-unsaturated/α-hetero) is 1. The highest BCUT2D eigenvalue weighted by Crippen LogP contribution is 2.67. The van der Waals surface area contributed by atoms with Gasteiger partial charge in [-0.1, -0.05) is 37.1 Å². The van der Waals surface area contributed by atoms with Crippen LogP contribution in [-0.4, -0.2) is 22.0 Å². The second-order valence-electron chi connectivity index (χ2n) is 10.2. The fourth-order valence-corrected chi connectivity index (χ4v) is 7.49. The first-order valence-electron chi connectivity index (χ1n) is 10.9. The molecule has 3 heteroatoms. The van der Waals surface area contributed by atoms with Crippen molar-refractivity contribution in [3.8, 4) is 0 Å². The maximum Gasteiger partial charge on any atom is 0.136 e. The van der Waals surface area contributed by atoms with Crippen molar-refractivity contribution in [2.75, 3.05) is 0 Å². The van der Waals surface area contributed by atoms with E-state index in [2.05, 4.69) is 37.9 Å². The molecule has 2 saturated carbocycles. The van der Waals surface area contributed by atoms with Gasteiger partial charge in [0.25, 0.3) is 0 Å². The summed E-state index contributed by atoms with van der Waals surface area (Å²) in [4.78, 5) is 16.4. The number of aliphatic hydroxyl groups is 1. The van der Waals surface area contributed by atoms with Gasteiger partial charge in [-0.05, 0) is 78.4 Å². The molecule has 3 nitrogen and oxygen atoms in total. The summed E-state index contributed by atoms with van der Waals surface area (Å²) in [6.45, 7) is 7.07. The van der Waals surface area contributed by atoms with Gasteiger partial charge < -0.3 is 5.11 Å². The molecule has 0 aliphatic heterocycles. The molecule has 0 radical (unpaired) electrons. The smallest absolute Gasteiger partial charge is 0.136 e. The van der Waals surface area contributed by atoms with Crippen LogP contribution in [0.5, 0.6) is 0 Å². The second-order valence-corrected chi connectivity index (χ2v) is 10.2. The number of ketones is 1. The molecule has 0 spiro atoms. The zero-order chi connectivity index (χ0) is 19.7. The van der Waals surface area contributed by atoms with Gasteiger partial charge in [0.2, 0.25) is 0 Å². The normalized spacial score (nSPS) is 42.6. The van der Waals surface area contributed by atoms with E-state index in [0.29, 0.717) is 30.5 Å². The van der Waals surface area contributed by atoms with Crippen molar-refractivity contribution in [2.45, 2.75) is 65.4 Å². The predicted molar refractivity (Wildman–Crippen MR) is 110 cm³/mol. The summed E-state index contributed by atoms with van der Waals surface area (Å²) in [5, 5.41) is 11.2. The number of aliphatic hydroxyl groups excluding tert-OH is 1. The van der Waals surface area contributed by atoms with E-state index in [9.17, 15) is 9.90 Å². The monoisotopic (exact) mass is 377 g/mol. The van der Waals surface area contributed by atoms with Gasteiger partial charge in [-0.25, -0.2) is 0 Å². The Morgan fingerprint density at radius 2 is 2.00 bits per heavy atom. The molecule has 0 amide bonds. The lowest BCUT2D eigenvalue weighted by Crippen LogP contribution is -2.54. The third-order valence-corrected chi connectivity index (χ3v) is 8.83. The predicted octanol–water partition coefficient (Wildman–Crippen LogP) is 4.97. The molecule has 0 bridgehead atoms. The van der Waals surface area contributed by atoms with Gasteiger partial charge in [-0.2, -0.15) is 0 Å². The summed E-state index contributed by atoms with van der Waals surface area (Å²) in [6.07, 6.45) is 11.1. The Hall–Kier alpha value is -1.74. The second kappa shape index (κ2) is 6.13. The largest absolute Gasteiger partial charge is 0.389 e. The summed E-state index contributed by atoms with van der Waals surface area (Å²) >= 11 is 0. The standard InChI is InChI=1S/C25H31NO2/c1-15-11-20-22-19(24(2)8-6-18(27)12-17(24)13-21(22)28)7-9-25(20,3)23(15)16-5-4-10-26-14-16/h4-5,10,13-14,19-22,28H,6-9,11-12H2,1-3H3/t19-,20-,21+,22+,24-,25-/m0/s1. The number of hydrogen-bond acceptors (Lipinski definition) is 3. The first-order valence-corrected chi connectivity index (χ1v) is 10.9. The van der Waals surface area contributed by atoms with Crippen LogP contribution in [0.15, 0.2) is 41.7 Å². The fraction of sp³-hybridized carbons (Fsp3) is 0.600. The molecule has 6 atom stereocenters. The molecule has 4 aliphatic carbocycles. The molecule has 1 aromatic rings. The van der Waals surface area contributed by atoms with Crippen LogP contribution in [0.1, 0.15) is 64.9 Å². The third kappa shape index (κ3) is 2.38. The highest BCUT2D eigenvalue weighted by atomic mass is 16.3. The van der Waals surface area contributed by atoms with E-state index in [1.54, 1.807) is 0 Å². The van der Waals surface area contributed by atoms with Crippen molar-refractivity contribution in [2.24, 2.45) is 28.6 Å². The Bertz CT molecular complexity index is 885. The molecule has 4 aliphatic rings. The maximum atomic E-state index is 12.1. The highest BCUT2D eigenvalue weighted by Gasteiger charge is 2.59. The number of carbonyl (C=O) groups excluding carboxylic acids is 1. The van der Waals surface area contributed by atoms with Crippen molar-refractivity contribution >= 4 is 11.4 Å². The van der Waals surface area contributed by atoms with Gasteiger partial charge in [-0.3, -0.25) is 9.78 Å². The van der Waals surface area contributed by atoms with Crippen molar-refractivity contribution < 1.29 is 9.90 Å². The topological polar surface area (TPSA) is 50.2 Å². The van der Waals surface area contributed by atoms with Gasteiger partial charge in [0, 0.05) is 25.2 Å². The summed E-state index contributed by atoms with van der Waals surface area (Å²) < 4.78 is 0. The zero-order valence-electron chi connectivity index (χ0n) is 17.2. The molecule has 0 aromatic carbocycles. The average molecular weight is 378 g/mol. The van der Waals surface area contributed by atoms with Crippen LogP contribution in [0.2, 0.25) is 0 Å². The number of pyridine rings is 1. The number of fused-ring (bicyclic) bond motifs is 5. The van der Waals surface area contributed by atoms with Crippen LogP contribution < -0.4 is 0 Å². The zero-order valence-corrected chi connectivity index (χ0v) is 17.2. The third-order valence-electron chi connectivity index (χ3n) is 8.83. The van der Waals surface area contributed by atoms with E-state index in [1.165, 1.54) is 22.3 Å².